The monoisotopic (exact) mass is 267 g/mol. The van der Waals surface area contributed by atoms with Gasteiger partial charge in [-0.15, -0.1) is 0 Å². The molecule has 0 saturated heterocycles. The molecule has 0 unspecified atom stereocenters. The van der Waals surface area contributed by atoms with Gasteiger partial charge in [-0.1, -0.05) is 30.3 Å². The van der Waals surface area contributed by atoms with E-state index < -0.39 is 10.0 Å². The standard InChI is InChI=1S/C13H17NO3S/c15-11-13(7-8-13)10-14-18(16,17)9-6-12-4-2-1-3-5-12/h1-6,9,14-15H,7-8,10-11H2/b9-6+. The van der Waals surface area contributed by atoms with Crippen LogP contribution >= 0.6 is 0 Å². The largest absolute Gasteiger partial charge is 0.396 e. The number of benzene rings is 1. The zero-order chi connectivity index (χ0) is 13.1. The zero-order valence-electron chi connectivity index (χ0n) is 10.0. The van der Waals surface area contributed by atoms with Crippen molar-refractivity contribution in [3.8, 4) is 0 Å². The van der Waals surface area contributed by atoms with Gasteiger partial charge in [0.2, 0.25) is 10.0 Å². The van der Waals surface area contributed by atoms with Crippen LogP contribution in [0.25, 0.3) is 6.08 Å². The summed E-state index contributed by atoms with van der Waals surface area (Å²) in [5.74, 6) is 0. The van der Waals surface area contributed by atoms with Crippen molar-refractivity contribution >= 4 is 16.1 Å². The highest BCUT2D eigenvalue weighted by molar-refractivity contribution is 7.92. The SMILES string of the molecule is O=S(=O)(/C=C/c1ccccc1)NCC1(CO)CC1. The molecule has 1 aromatic carbocycles. The smallest absolute Gasteiger partial charge is 0.233 e. The second-order valence-corrected chi connectivity index (χ2v) is 6.39. The molecule has 4 nitrogen and oxygen atoms in total. The molecule has 0 amide bonds. The maximum atomic E-state index is 11.7. The number of aliphatic hydroxyl groups excluding tert-OH is 1. The van der Waals surface area contributed by atoms with Crippen molar-refractivity contribution in [1.29, 1.82) is 0 Å². The lowest BCUT2D eigenvalue weighted by Gasteiger charge is -2.11. The number of sulfonamides is 1. The van der Waals surface area contributed by atoms with Gasteiger partial charge in [-0.2, -0.15) is 0 Å². The van der Waals surface area contributed by atoms with E-state index in [2.05, 4.69) is 4.72 Å². The van der Waals surface area contributed by atoms with Crippen molar-refractivity contribution in [1.82, 2.24) is 4.72 Å². The fourth-order valence-corrected chi connectivity index (χ4v) is 2.54. The summed E-state index contributed by atoms with van der Waals surface area (Å²) >= 11 is 0. The van der Waals surface area contributed by atoms with Crippen LogP contribution < -0.4 is 4.72 Å². The Kier molecular flexibility index (Phi) is 3.85. The van der Waals surface area contributed by atoms with Gasteiger partial charge in [0, 0.05) is 24.0 Å². The van der Waals surface area contributed by atoms with Gasteiger partial charge in [0.15, 0.2) is 0 Å². The van der Waals surface area contributed by atoms with Gasteiger partial charge in [-0.3, -0.25) is 0 Å². The summed E-state index contributed by atoms with van der Waals surface area (Å²) < 4.78 is 25.9. The number of aliphatic hydroxyl groups is 1. The van der Waals surface area contributed by atoms with Gasteiger partial charge in [0.05, 0.1) is 0 Å². The van der Waals surface area contributed by atoms with Crippen LogP contribution in [-0.4, -0.2) is 26.7 Å². The predicted octanol–water partition coefficient (Wildman–Crippen LogP) is 1.35. The summed E-state index contributed by atoms with van der Waals surface area (Å²) in [5.41, 5.74) is 0.624. The van der Waals surface area contributed by atoms with Crippen molar-refractivity contribution in [2.45, 2.75) is 12.8 Å². The third-order valence-electron chi connectivity index (χ3n) is 3.18. The van der Waals surface area contributed by atoms with E-state index in [-0.39, 0.29) is 12.0 Å². The lowest BCUT2D eigenvalue weighted by molar-refractivity contribution is 0.213. The van der Waals surface area contributed by atoms with Crippen LogP contribution in [0.5, 0.6) is 0 Å². The Balaban J connectivity index is 1.93. The Morgan fingerprint density at radius 3 is 2.50 bits per heavy atom. The van der Waals surface area contributed by atoms with E-state index in [1.165, 1.54) is 0 Å². The van der Waals surface area contributed by atoms with Gasteiger partial charge in [0.1, 0.15) is 0 Å². The van der Waals surface area contributed by atoms with Gasteiger partial charge in [0.25, 0.3) is 0 Å². The molecule has 0 aliphatic heterocycles. The van der Waals surface area contributed by atoms with E-state index in [1.54, 1.807) is 6.08 Å². The summed E-state index contributed by atoms with van der Waals surface area (Å²) in [6, 6.07) is 9.25. The Bertz CT molecular complexity index is 518. The maximum absolute atomic E-state index is 11.7. The number of rotatable bonds is 6. The van der Waals surface area contributed by atoms with Crippen molar-refractivity contribution in [2.75, 3.05) is 13.2 Å². The van der Waals surface area contributed by atoms with Crippen LogP contribution in [0.4, 0.5) is 0 Å². The molecule has 0 radical (unpaired) electrons. The van der Waals surface area contributed by atoms with Crippen LogP contribution in [0.2, 0.25) is 0 Å². The van der Waals surface area contributed by atoms with E-state index in [0.29, 0.717) is 6.54 Å². The molecule has 5 heteroatoms. The summed E-state index contributed by atoms with van der Waals surface area (Å²) in [6.45, 7) is 0.350. The molecule has 1 aromatic rings. The minimum Gasteiger partial charge on any atom is -0.396 e. The molecule has 98 valence electrons. The third kappa shape index (κ3) is 3.66. The molecular formula is C13H17NO3S. The third-order valence-corrected chi connectivity index (χ3v) is 4.22. The van der Waals surface area contributed by atoms with Crippen LogP contribution in [0.3, 0.4) is 0 Å². The molecule has 1 fully saturated rings. The Hall–Kier alpha value is -1.17. The lowest BCUT2D eigenvalue weighted by atomic mass is 10.1. The van der Waals surface area contributed by atoms with E-state index in [0.717, 1.165) is 23.8 Å². The molecule has 2 N–H and O–H groups in total. The first-order valence-electron chi connectivity index (χ1n) is 5.89. The normalized spacial score (nSPS) is 18.1. The molecule has 0 aromatic heterocycles. The maximum Gasteiger partial charge on any atom is 0.233 e. The number of nitrogens with one attached hydrogen (secondary N) is 1. The van der Waals surface area contributed by atoms with E-state index >= 15 is 0 Å². The highest BCUT2D eigenvalue weighted by atomic mass is 32.2. The molecule has 1 aliphatic carbocycles. The minimum atomic E-state index is -3.42. The Labute approximate surface area is 107 Å². The lowest BCUT2D eigenvalue weighted by Crippen LogP contribution is -2.30. The first kappa shape index (κ1) is 13.3. The van der Waals surface area contributed by atoms with Gasteiger partial charge in [-0.05, 0) is 24.5 Å². The first-order chi connectivity index (χ1) is 8.55. The van der Waals surface area contributed by atoms with Crippen molar-refractivity contribution < 1.29 is 13.5 Å². The van der Waals surface area contributed by atoms with Crippen molar-refractivity contribution in [3.05, 3.63) is 41.3 Å². The predicted molar refractivity (Wildman–Crippen MR) is 71.2 cm³/mol. The molecule has 2 rings (SSSR count). The fraction of sp³-hybridized carbons (Fsp3) is 0.385. The number of hydrogen-bond acceptors (Lipinski definition) is 3. The van der Waals surface area contributed by atoms with Crippen LogP contribution in [-0.2, 0) is 10.0 Å². The van der Waals surface area contributed by atoms with Gasteiger partial charge in [-0.25, -0.2) is 13.1 Å². The van der Waals surface area contributed by atoms with Crippen molar-refractivity contribution in [3.63, 3.8) is 0 Å². The fourth-order valence-electron chi connectivity index (χ4n) is 1.60. The Morgan fingerprint density at radius 1 is 1.28 bits per heavy atom. The topological polar surface area (TPSA) is 66.4 Å². The highest BCUT2D eigenvalue weighted by Gasteiger charge is 2.42. The average Bonchev–Trinajstić information content (AvgIpc) is 3.17. The van der Waals surface area contributed by atoms with Crippen LogP contribution in [0.1, 0.15) is 18.4 Å². The van der Waals surface area contributed by atoms with E-state index in [1.807, 2.05) is 30.3 Å². The highest BCUT2D eigenvalue weighted by Crippen LogP contribution is 2.44. The van der Waals surface area contributed by atoms with E-state index in [4.69, 9.17) is 5.11 Å². The quantitative estimate of drug-likeness (QED) is 0.817. The summed E-state index contributed by atoms with van der Waals surface area (Å²) in [7, 11) is -3.42. The van der Waals surface area contributed by atoms with E-state index in [9.17, 15) is 8.42 Å². The van der Waals surface area contributed by atoms with Crippen LogP contribution in [0.15, 0.2) is 35.7 Å². The van der Waals surface area contributed by atoms with Crippen molar-refractivity contribution in [2.24, 2.45) is 5.41 Å². The summed E-state index contributed by atoms with van der Waals surface area (Å²) in [6.07, 6.45) is 3.32. The molecule has 1 saturated carbocycles. The molecule has 0 spiro atoms. The molecular weight excluding hydrogens is 250 g/mol. The summed E-state index contributed by atoms with van der Waals surface area (Å²) in [5, 5.41) is 10.3. The zero-order valence-corrected chi connectivity index (χ0v) is 10.9. The van der Waals surface area contributed by atoms with Gasteiger partial charge >= 0.3 is 0 Å². The average molecular weight is 267 g/mol. The van der Waals surface area contributed by atoms with Gasteiger partial charge < -0.3 is 5.11 Å². The molecule has 18 heavy (non-hydrogen) atoms. The molecule has 0 heterocycles. The Morgan fingerprint density at radius 2 is 1.94 bits per heavy atom. The molecule has 1 aliphatic rings. The second kappa shape index (κ2) is 5.22. The second-order valence-electron chi connectivity index (χ2n) is 4.74. The number of hydrogen-bond donors (Lipinski definition) is 2. The molecule has 0 bridgehead atoms. The first-order valence-corrected chi connectivity index (χ1v) is 7.44. The summed E-state index contributed by atoms with van der Waals surface area (Å²) in [4.78, 5) is 0. The molecule has 0 atom stereocenters. The van der Waals surface area contributed by atoms with Crippen LogP contribution in [0, 0.1) is 5.41 Å². The minimum absolute atomic E-state index is 0.0396.